The van der Waals surface area contributed by atoms with E-state index in [9.17, 15) is 13.2 Å². The van der Waals surface area contributed by atoms with Gasteiger partial charge in [-0.3, -0.25) is 9.10 Å². The van der Waals surface area contributed by atoms with Crippen molar-refractivity contribution in [2.24, 2.45) is 0 Å². The fourth-order valence-electron chi connectivity index (χ4n) is 2.42. The smallest absolute Gasteiger partial charge is 0.232 e. The van der Waals surface area contributed by atoms with Crippen molar-refractivity contribution in [3.8, 4) is 0 Å². The summed E-state index contributed by atoms with van der Waals surface area (Å²) in [5, 5.41) is 0.485. The molecule has 1 rings (SSSR count). The van der Waals surface area contributed by atoms with Gasteiger partial charge in [0.1, 0.15) is 0 Å². The maximum absolute atomic E-state index is 12.1. The van der Waals surface area contributed by atoms with Crippen LogP contribution in [0.2, 0.25) is 5.02 Å². The molecule has 0 heterocycles. The van der Waals surface area contributed by atoms with Crippen LogP contribution in [0.1, 0.15) is 32.3 Å². The number of carbonyl (C=O) groups is 1. The Bertz CT molecular complexity index is 643. The average molecular weight is 361 g/mol. The molecule has 0 fully saturated rings. The van der Waals surface area contributed by atoms with E-state index in [-0.39, 0.29) is 12.5 Å². The second-order valence-electron chi connectivity index (χ2n) is 5.44. The first-order valence-electron chi connectivity index (χ1n) is 7.72. The Hall–Kier alpha value is -1.27. The molecule has 0 aliphatic heterocycles. The van der Waals surface area contributed by atoms with Crippen molar-refractivity contribution < 1.29 is 13.2 Å². The summed E-state index contributed by atoms with van der Waals surface area (Å²) in [4.78, 5) is 13.8. The number of nitrogens with zero attached hydrogens (tertiary/aromatic N) is 2. The second kappa shape index (κ2) is 8.55. The lowest BCUT2D eigenvalue weighted by Crippen LogP contribution is -2.34. The van der Waals surface area contributed by atoms with Gasteiger partial charge in [0.15, 0.2) is 0 Å². The molecule has 1 aromatic carbocycles. The number of sulfonamides is 1. The number of benzene rings is 1. The first-order valence-corrected chi connectivity index (χ1v) is 9.95. The maximum Gasteiger partial charge on any atom is 0.232 e. The van der Waals surface area contributed by atoms with Crippen molar-refractivity contribution in [1.29, 1.82) is 0 Å². The minimum atomic E-state index is -3.44. The average Bonchev–Trinajstić information content (AvgIpc) is 2.46. The minimum Gasteiger partial charge on any atom is -0.343 e. The van der Waals surface area contributed by atoms with Gasteiger partial charge >= 0.3 is 0 Å². The highest BCUT2D eigenvalue weighted by molar-refractivity contribution is 7.92. The Labute approximate surface area is 144 Å². The Morgan fingerprint density at radius 2 is 1.83 bits per heavy atom. The van der Waals surface area contributed by atoms with E-state index in [1.54, 1.807) is 23.1 Å². The predicted molar refractivity (Wildman–Crippen MR) is 95.5 cm³/mol. The molecule has 0 unspecified atom stereocenters. The van der Waals surface area contributed by atoms with E-state index in [1.165, 1.54) is 10.6 Å². The molecule has 23 heavy (non-hydrogen) atoms. The molecule has 0 N–H and O–H groups in total. The van der Waals surface area contributed by atoms with E-state index in [2.05, 4.69) is 0 Å². The number of carbonyl (C=O) groups excluding carboxylic acids is 1. The lowest BCUT2D eigenvalue weighted by Gasteiger charge is -2.25. The number of anilines is 1. The summed E-state index contributed by atoms with van der Waals surface area (Å²) in [6, 6.07) is 5.16. The minimum absolute atomic E-state index is 0.0475. The zero-order valence-corrected chi connectivity index (χ0v) is 15.7. The summed E-state index contributed by atoms with van der Waals surface area (Å²) in [5.74, 6) is 0.0475. The molecule has 0 spiro atoms. The highest BCUT2D eigenvalue weighted by atomic mass is 35.5. The third kappa shape index (κ3) is 5.70. The summed E-state index contributed by atoms with van der Waals surface area (Å²) in [6.07, 6.45) is 1.96. The zero-order chi connectivity index (χ0) is 17.6. The molecule has 130 valence electrons. The molecule has 5 nitrogen and oxygen atoms in total. The van der Waals surface area contributed by atoms with Crippen LogP contribution < -0.4 is 4.31 Å². The summed E-state index contributed by atoms with van der Waals surface area (Å²) < 4.78 is 25.5. The van der Waals surface area contributed by atoms with E-state index >= 15 is 0 Å². The van der Waals surface area contributed by atoms with E-state index in [0.717, 1.165) is 5.56 Å². The van der Waals surface area contributed by atoms with Gasteiger partial charge in [-0.05, 0) is 44.9 Å². The van der Waals surface area contributed by atoms with Crippen LogP contribution in [-0.2, 0) is 14.8 Å². The normalized spacial score (nSPS) is 11.3. The van der Waals surface area contributed by atoms with Crippen LogP contribution in [-0.4, -0.2) is 45.1 Å². The number of hydrogen-bond acceptors (Lipinski definition) is 3. The molecule has 0 atom stereocenters. The SMILES string of the molecule is CCN(CC)C(=O)CCCN(c1cc(Cl)ccc1C)S(C)(=O)=O. The molecule has 1 amide bonds. The van der Waals surface area contributed by atoms with Crippen LogP contribution in [0.3, 0.4) is 0 Å². The Morgan fingerprint density at radius 1 is 1.22 bits per heavy atom. The van der Waals surface area contributed by atoms with Gasteiger partial charge in [0, 0.05) is 31.1 Å². The van der Waals surface area contributed by atoms with Gasteiger partial charge in [-0.2, -0.15) is 0 Å². The molecule has 0 aliphatic rings. The van der Waals surface area contributed by atoms with Gasteiger partial charge in [-0.1, -0.05) is 17.7 Å². The van der Waals surface area contributed by atoms with Crippen molar-refractivity contribution in [3.63, 3.8) is 0 Å². The number of hydrogen-bond donors (Lipinski definition) is 0. The van der Waals surface area contributed by atoms with Gasteiger partial charge in [0.25, 0.3) is 0 Å². The predicted octanol–water partition coefficient (Wildman–Crippen LogP) is 3.06. The van der Waals surface area contributed by atoms with Crippen LogP contribution in [0.15, 0.2) is 18.2 Å². The van der Waals surface area contributed by atoms with E-state index in [1.807, 2.05) is 20.8 Å². The molecule has 0 saturated heterocycles. The van der Waals surface area contributed by atoms with Crippen LogP contribution in [0.5, 0.6) is 0 Å². The molecule has 0 aromatic heterocycles. The monoisotopic (exact) mass is 360 g/mol. The first kappa shape index (κ1) is 19.8. The summed E-state index contributed by atoms with van der Waals surface area (Å²) in [6.45, 7) is 7.29. The lowest BCUT2D eigenvalue weighted by molar-refractivity contribution is -0.130. The molecule has 0 saturated carbocycles. The summed E-state index contributed by atoms with van der Waals surface area (Å²) >= 11 is 5.99. The van der Waals surface area contributed by atoms with E-state index in [0.29, 0.717) is 36.6 Å². The van der Waals surface area contributed by atoms with Gasteiger partial charge in [-0.25, -0.2) is 8.42 Å². The number of aryl methyl sites for hydroxylation is 1. The maximum atomic E-state index is 12.1. The van der Waals surface area contributed by atoms with Gasteiger partial charge < -0.3 is 4.90 Å². The summed E-state index contributed by atoms with van der Waals surface area (Å²) in [5.41, 5.74) is 1.39. The Balaban J connectivity index is 2.86. The van der Waals surface area contributed by atoms with Crippen molar-refractivity contribution in [1.82, 2.24) is 4.90 Å². The van der Waals surface area contributed by atoms with Crippen molar-refractivity contribution in [2.75, 3.05) is 30.2 Å². The molecular formula is C16H25ClN2O3S. The number of amides is 1. The Kier molecular flexibility index (Phi) is 7.35. The van der Waals surface area contributed by atoms with Crippen LogP contribution in [0.25, 0.3) is 0 Å². The standard InChI is InChI=1S/C16H25ClN2O3S/c1-5-18(6-2)16(20)8-7-11-19(23(4,21)22)15-12-14(17)10-9-13(15)3/h9-10,12H,5-8,11H2,1-4H3. The van der Waals surface area contributed by atoms with Gasteiger partial charge in [-0.15, -0.1) is 0 Å². The van der Waals surface area contributed by atoms with Crippen LogP contribution >= 0.6 is 11.6 Å². The summed E-state index contributed by atoms with van der Waals surface area (Å²) in [7, 11) is -3.44. The lowest BCUT2D eigenvalue weighted by atomic mass is 10.2. The van der Waals surface area contributed by atoms with E-state index in [4.69, 9.17) is 11.6 Å². The van der Waals surface area contributed by atoms with Crippen molar-refractivity contribution >= 4 is 33.2 Å². The fourth-order valence-corrected chi connectivity index (χ4v) is 3.61. The highest BCUT2D eigenvalue weighted by Crippen LogP contribution is 2.26. The topological polar surface area (TPSA) is 57.7 Å². The molecular weight excluding hydrogens is 336 g/mol. The molecule has 1 aromatic rings. The van der Waals surface area contributed by atoms with Gasteiger partial charge in [0.05, 0.1) is 11.9 Å². The van der Waals surface area contributed by atoms with E-state index < -0.39 is 10.0 Å². The first-order chi connectivity index (χ1) is 10.7. The molecule has 0 bridgehead atoms. The third-order valence-electron chi connectivity index (χ3n) is 3.71. The van der Waals surface area contributed by atoms with Crippen LogP contribution in [0.4, 0.5) is 5.69 Å². The Morgan fingerprint density at radius 3 is 2.35 bits per heavy atom. The molecule has 7 heteroatoms. The zero-order valence-electron chi connectivity index (χ0n) is 14.2. The van der Waals surface area contributed by atoms with Crippen molar-refractivity contribution in [2.45, 2.75) is 33.6 Å². The third-order valence-corrected chi connectivity index (χ3v) is 5.12. The molecule has 0 radical (unpaired) electrons. The quantitative estimate of drug-likeness (QED) is 0.715. The highest BCUT2D eigenvalue weighted by Gasteiger charge is 2.20. The second-order valence-corrected chi connectivity index (χ2v) is 7.78. The van der Waals surface area contributed by atoms with Crippen LogP contribution in [0, 0.1) is 6.92 Å². The largest absolute Gasteiger partial charge is 0.343 e. The number of halogens is 1. The van der Waals surface area contributed by atoms with Crippen molar-refractivity contribution in [3.05, 3.63) is 28.8 Å². The fraction of sp³-hybridized carbons (Fsp3) is 0.562. The van der Waals surface area contributed by atoms with Gasteiger partial charge in [0.2, 0.25) is 15.9 Å². The number of rotatable bonds is 8. The molecule has 0 aliphatic carbocycles.